The monoisotopic (exact) mass is 296 g/mol. The Morgan fingerprint density at radius 3 is 2.55 bits per heavy atom. The summed E-state index contributed by atoms with van der Waals surface area (Å²) in [6.07, 6.45) is 2.78. The largest absolute Gasteiger partial charge is 0.373 e. The minimum atomic E-state index is 0.175. The van der Waals surface area contributed by atoms with Crippen molar-refractivity contribution in [2.45, 2.75) is 58.4 Å². The van der Waals surface area contributed by atoms with Gasteiger partial charge in [-0.15, -0.1) is 11.3 Å². The van der Waals surface area contributed by atoms with Gasteiger partial charge >= 0.3 is 0 Å². The van der Waals surface area contributed by atoms with Gasteiger partial charge < -0.3 is 15.0 Å². The lowest BCUT2D eigenvalue weighted by Gasteiger charge is -2.28. The van der Waals surface area contributed by atoms with E-state index >= 15 is 0 Å². The summed E-state index contributed by atoms with van der Waals surface area (Å²) in [7, 11) is 2.18. The van der Waals surface area contributed by atoms with Gasteiger partial charge in [-0.05, 0) is 52.8 Å². The van der Waals surface area contributed by atoms with E-state index in [1.165, 1.54) is 22.6 Å². The Bertz CT molecular complexity index is 403. The maximum absolute atomic E-state index is 6.04. The minimum absolute atomic E-state index is 0.175. The molecule has 1 N–H and O–H groups in total. The van der Waals surface area contributed by atoms with E-state index in [4.69, 9.17) is 4.74 Å². The van der Waals surface area contributed by atoms with Crippen LogP contribution in [-0.2, 0) is 17.9 Å². The molecule has 0 radical (unpaired) electrons. The lowest BCUT2D eigenvalue weighted by molar-refractivity contribution is 0.00331. The molecule has 1 saturated heterocycles. The average molecular weight is 296 g/mol. The van der Waals surface area contributed by atoms with Gasteiger partial charge in [-0.2, -0.15) is 0 Å². The fraction of sp³-hybridized carbons (Fsp3) is 0.750. The number of rotatable bonds is 5. The second-order valence-corrected chi connectivity index (χ2v) is 8.04. The summed E-state index contributed by atoms with van der Waals surface area (Å²) in [5.74, 6) is 0. The molecule has 3 nitrogen and oxygen atoms in total. The van der Waals surface area contributed by atoms with Crippen LogP contribution in [0.5, 0.6) is 0 Å². The number of ether oxygens (including phenoxy) is 1. The summed E-state index contributed by atoms with van der Waals surface area (Å²) in [6, 6.07) is 4.43. The summed E-state index contributed by atoms with van der Waals surface area (Å²) in [5, 5.41) is 3.53. The van der Waals surface area contributed by atoms with Crippen molar-refractivity contribution in [1.82, 2.24) is 10.2 Å². The third-order valence-corrected chi connectivity index (χ3v) is 4.70. The van der Waals surface area contributed by atoms with E-state index in [0.29, 0.717) is 6.10 Å². The number of hydrogen-bond donors (Lipinski definition) is 1. The first kappa shape index (κ1) is 16.0. The molecule has 0 aromatic carbocycles. The highest BCUT2D eigenvalue weighted by atomic mass is 32.1. The first-order valence-corrected chi connectivity index (χ1v) is 8.37. The maximum atomic E-state index is 6.04. The van der Waals surface area contributed by atoms with Crippen molar-refractivity contribution in [3.63, 3.8) is 0 Å². The molecule has 0 aliphatic carbocycles. The van der Waals surface area contributed by atoms with Crippen LogP contribution in [0.2, 0.25) is 0 Å². The molecule has 0 saturated carbocycles. The number of piperidine rings is 1. The quantitative estimate of drug-likeness (QED) is 0.903. The Morgan fingerprint density at radius 1 is 1.25 bits per heavy atom. The van der Waals surface area contributed by atoms with Gasteiger partial charge in [0.15, 0.2) is 0 Å². The average Bonchev–Trinajstić information content (AvgIpc) is 2.83. The first-order chi connectivity index (χ1) is 9.42. The van der Waals surface area contributed by atoms with Crippen molar-refractivity contribution in [1.29, 1.82) is 0 Å². The predicted molar refractivity (Wildman–Crippen MR) is 86.2 cm³/mol. The molecule has 1 aromatic heterocycles. The molecule has 1 aromatic rings. The summed E-state index contributed by atoms with van der Waals surface area (Å²) >= 11 is 1.86. The molecule has 0 unspecified atom stereocenters. The van der Waals surface area contributed by atoms with Gasteiger partial charge in [0.05, 0.1) is 12.7 Å². The lowest BCUT2D eigenvalue weighted by Crippen LogP contribution is -2.34. The fourth-order valence-electron chi connectivity index (χ4n) is 2.30. The van der Waals surface area contributed by atoms with Crippen LogP contribution in [0.1, 0.15) is 43.4 Å². The van der Waals surface area contributed by atoms with Gasteiger partial charge in [0.2, 0.25) is 0 Å². The number of nitrogens with zero attached hydrogens (tertiary/aromatic N) is 1. The van der Waals surface area contributed by atoms with E-state index in [2.05, 4.69) is 50.2 Å². The highest BCUT2D eigenvalue weighted by Crippen LogP contribution is 2.20. The number of thiophene rings is 1. The van der Waals surface area contributed by atoms with Crippen molar-refractivity contribution < 1.29 is 4.74 Å². The van der Waals surface area contributed by atoms with Crippen LogP contribution in [0.25, 0.3) is 0 Å². The second kappa shape index (κ2) is 7.03. The van der Waals surface area contributed by atoms with Crippen LogP contribution >= 0.6 is 11.3 Å². The Morgan fingerprint density at radius 2 is 1.90 bits per heavy atom. The third kappa shape index (κ3) is 5.52. The van der Waals surface area contributed by atoms with Gasteiger partial charge in [-0.25, -0.2) is 0 Å². The summed E-state index contributed by atoms with van der Waals surface area (Å²) < 4.78 is 6.04. The van der Waals surface area contributed by atoms with Gasteiger partial charge in [0.1, 0.15) is 0 Å². The molecule has 1 fully saturated rings. The number of hydrogen-bond acceptors (Lipinski definition) is 4. The minimum Gasteiger partial charge on any atom is -0.373 e. The van der Waals surface area contributed by atoms with E-state index in [9.17, 15) is 0 Å². The number of nitrogens with one attached hydrogen (secondary N) is 1. The molecule has 0 spiro atoms. The zero-order valence-electron chi connectivity index (χ0n) is 13.2. The number of likely N-dealkylation sites (tertiary alicyclic amines) is 1. The predicted octanol–water partition coefficient (Wildman–Crippen LogP) is 3.25. The van der Waals surface area contributed by atoms with E-state index in [1.54, 1.807) is 0 Å². The van der Waals surface area contributed by atoms with E-state index in [0.717, 1.165) is 26.2 Å². The summed E-state index contributed by atoms with van der Waals surface area (Å²) in [5.41, 5.74) is 0.175. The van der Waals surface area contributed by atoms with Crippen LogP contribution in [-0.4, -0.2) is 36.7 Å². The Kier molecular flexibility index (Phi) is 5.61. The molecule has 1 aliphatic rings. The van der Waals surface area contributed by atoms with E-state index in [1.807, 2.05) is 11.3 Å². The molecule has 0 amide bonds. The van der Waals surface area contributed by atoms with E-state index < -0.39 is 0 Å². The van der Waals surface area contributed by atoms with Gasteiger partial charge in [-0.1, -0.05) is 0 Å². The summed E-state index contributed by atoms with van der Waals surface area (Å²) in [6.45, 7) is 10.6. The van der Waals surface area contributed by atoms with Crippen molar-refractivity contribution >= 4 is 11.3 Å². The van der Waals surface area contributed by atoms with Crippen molar-refractivity contribution in [3.8, 4) is 0 Å². The van der Waals surface area contributed by atoms with Crippen LogP contribution in [0.3, 0.4) is 0 Å². The Labute approximate surface area is 127 Å². The topological polar surface area (TPSA) is 24.5 Å². The smallest absolute Gasteiger partial charge is 0.0813 e. The zero-order chi connectivity index (χ0) is 14.6. The van der Waals surface area contributed by atoms with Gasteiger partial charge in [-0.3, -0.25) is 0 Å². The standard InChI is InChI=1S/C16H28N2OS/c1-16(2,3)17-11-14-5-6-15(20-14)12-19-13-7-9-18(4)10-8-13/h5-6,13,17H,7-12H2,1-4H3. The van der Waals surface area contributed by atoms with Crippen molar-refractivity contribution in [2.24, 2.45) is 0 Å². The Balaban J connectivity index is 1.72. The molecule has 0 atom stereocenters. The first-order valence-electron chi connectivity index (χ1n) is 7.55. The molecular formula is C16H28N2OS. The molecule has 2 rings (SSSR count). The van der Waals surface area contributed by atoms with Crippen LogP contribution in [0.4, 0.5) is 0 Å². The van der Waals surface area contributed by atoms with E-state index in [-0.39, 0.29) is 5.54 Å². The molecule has 4 heteroatoms. The highest BCUT2D eigenvalue weighted by Gasteiger charge is 2.17. The molecule has 114 valence electrons. The van der Waals surface area contributed by atoms with Gasteiger partial charge in [0.25, 0.3) is 0 Å². The molecule has 20 heavy (non-hydrogen) atoms. The van der Waals surface area contributed by atoms with Crippen molar-refractivity contribution in [3.05, 3.63) is 21.9 Å². The zero-order valence-corrected chi connectivity index (χ0v) is 14.1. The van der Waals surface area contributed by atoms with Crippen LogP contribution in [0.15, 0.2) is 12.1 Å². The second-order valence-electron chi connectivity index (χ2n) is 6.79. The summed E-state index contributed by atoms with van der Waals surface area (Å²) in [4.78, 5) is 5.11. The molecule has 2 heterocycles. The normalized spacial score (nSPS) is 18.6. The lowest BCUT2D eigenvalue weighted by atomic mass is 10.1. The Hall–Kier alpha value is -0.420. The van der Waals surface area contributed by atoms with Crippen molar-refractivity contribution in [2.75, 3.05) is 20.1 Å². The maximum Gasteiger partial charge on any atom is 0.0813 e. The van der Waals surface area contributed by atoms with Crippen LogP contribution in [0, 0.1) is 0 Å². The fourth-order valence-corrected chi connectivity index (χ4v) is 3.18. The van der Waals surface area contributed by atoms with Gasteiger partial charge in [0, 0.05) is 34.9 Å². The third-order valence-electron chi connectivity index (χ3n) is 3.64. The molecular weight excluding hydrogens is 268 g/mol. The molecule has 1 aliphatic heterocycles. The SMILES string of the molecule is CN1CCC(OCc2ccc(CNC(C)(C)C)s2)CC1. The highest BCUT2D eigenvalue weighted by molar-refractivity contribution is 7.11. The van der Waals surface area contributed by atoms with Crippen LogP contribution < -0.4 is 5.32 Å². The molecule has 0 bridgehead atoms.